The number of hydrogen-bond donors (Lipinski definition) is 3. The average Bonchev–Trinajstić information content (AvgIpc) is 3.07. The van der Waals surface area contributed by atoms with Gasteiger partial charge in [-0.25, -0.2) is 15.0 Å². The molecular weight excluding hydrogens is 339 g/mol. The monoisotopic (exact) mass is 353 g/mol. The molecule has 0 aliphatic carbocycles. The molecule has 0 fully saturated rings. The number of anilines is 1. The average molecular weight is 353 g/mol. The largest absolute Gasteiger partial charge is 0.491 e. The summed E-state index contributed by atoms with van der Waals surface area (Å²) in [5, 5.41) is 12.9. The number of H-pyrrole nitrogens is 1. The van der Waals surface area contributed by atoms with Crippen molar-refractivity contribution in [1.29, 1.82) is 0 Å². The summed E-state index contributed by atoms with van der Waals surface area (Å²) in [4.78, 5) is 14.9. The molecule has 0 spiro atoms. The highest BCUT2D eigenvalue weighted by molar-refractivity contribution is 5.81. The first-order valence-corrected chi connectivity index (χ1v) is 7.29. The number of aromatic nitrogens is 4. The number of alkyl halides is 3. The zero-order valence-corrected chi connectivity index (χ0v) is 12.8. The summed E-state index contributed by atoms with van der Waals surface area (Å²) in [5.41, 5.74) is 0.265. The minimum absolute atomic E-state index is 0.0341. The highest BCUT2D eigenvalue weighted by Crippen LogP contribution is 2.31. The SMILES string of the molecule is O[C@H](CNc1ncnc2nc[nH]c12)COc1cccc(C(F)(F)F)c1. The van der Waals surface area contributed by atoms with Crippen LogP contribution in [0.15, 0.2) is 36.9 Å². The molecule has 1 atom stereocenters. The van der Waals surface area contributed by atoms with Gasteiger partial charge in [-0.05, 0) is 18.2 Å². The van der Waals surface area contributed by atoms with E-state index in [9.17, 15) is 18.3 Å². The lowest BCUT2D eigenvalue weighted by Crippen LogP contribution is -2.26. The fourth-order valence-electron chi connectivity index (χ4n) is 2.13. The van der Waals surface area contributed by atoms with E-state index in [1.807, 2.05) is 0 Å². The summed E-state index contributed by atoms with van der Waals surface area (Å²) in [6.45, 7) is -0.0877. The highest BCUT2D eigenvalue weighted by atomic mass is 19.4. The van der Waals surface area contributed by atoms with Crippen molar-refractivity contribution in [3.63, 3.8) is 0 Å². The number of aliphatic hydroxyl groups excluding tert-OH is 1. The number of nitrogens with zero attached hydrogens (tertiary/aromatic N) is 3. The Bertz CT molecular complexity index is 852. The maximum Gasteiger partial charge on any atom is 0.416 e. The van der Waals surface area contributed by atoms with Gasteiger partial charge in [0.05, 0.1) is 11.9 Å². The number of aromatic amines is 1. The van der Waals surface area contributed by atoms with Crippen molar-refractivity contribution >= 4 is 17.0 Å². The molecule has 7 nitrogen and oxygen atoms in total. The Kier molecular flexibility index (Phi) is 4.70. The summed E-state index contributed by atoms with van der Waals surface area (Å²) < 4.78 is 43.1. The minimum Gasteiger partial charge on any atom is -0.491 e. The molecule has 3 rings (SSSR count). The molecule has 3 N–H and O–H groups in total. The lowest BCUT2D eigenvalue weighted by molar-refractivity contribution is -0.137. The van der Waals surface area contributed by atoms with Gasteiger partial charge in [0.1, 0.15) is 30.3 Å². The van der Waals surface area contributed by atoms with Crippen LogP contribution in [0, 0.1) is 0 Å². The fraction of sp³-hybridized carbons (Fsp3) is 0.267. The molecule has 132 valence electrons. The number of ether oxygens (including phenoxy) is 1. The van der Waals surface area contributed by atoms with Crippen LogP contribution in [0.25, 0.3) is 11.2 Å². The first-order chi connectivity index (χ1) is 11.9. The van der Waals surface area contributed by atoms with E-state index in [0.29, 0.717) is 17.0 Å². The van der Waals surface area contributed by atoms with Crippen LogP contribution in [0.3, 0.4) is 0 Å². The number of aliphatic hydroxyl groups is 1. The summed E-state index contributed by atoms with van der Waals surface area (Å²) in [7, 11) is 0. The van der Waals surface area contributed by atoms with Crippen molar-refractivity contribution in [1.82, 2.24) is 19.9 Å². The van der Waals surface area contributed by atoms with Crippen LogP contribution in [-0.4, -0.2) is 44.3 Å². The standard InChI is InChI=1S/C15H14F3N5O2/c16-15(17,18)9-2-1-3-11(4-9)25-6-10(24)5-19-13-12-14(21-7-20-12)23-8-22-13/h1-4,7-8,10,24H,5-6H2,(H2,19,20,21,22,23)/t10-/m1/s1. The maximum atomic E-state index is 12.6. The summed E-state index contributed by atoms with van der Waals surface area (Å²) in [6.07, 6.45) is -2.60. The van der Waals surface area contributed by atoms with Gasteiger partial charge in [-0.15, -0.1) is 0 Å². The Morgan fingerprint density at radius 1 is 1.24 bits per heavy atom. The van der Waals surface area contributed by atoms with Gasteiger partial charge in [-0.2, -0.15) is 13.2 Å². The van der Waals surface area contributed by atoms with E-state index in [1.54, 1.807) is 0 Å². The second kappa shape index (κ2) is 6.93. The molecule has 1 aromatic carbocycles. The quantitative estimate of drug-likeness (QED) is 0.629. The molecule has 0 saturated heterocycles. The highest BCUT2D eigenvalue weighted by Gasteiger charge is 2.30. The third-order valence-electron chi connectivity index (χ3n) is 3.33. The molecule has 0 bridgehead atoms. The van der Waals surface area contributed by atoms with Crippen molar-refractivity contribution in [2.75, 3.05) is 18.5 Å². The van der Waals surface area contributed by atoms with Gasteiger partial charge in [0.25, 0.3) is 0 Å². The first-order valence-electron chi connectivity index (χ1n) is 7.29. The zero-order chi connectivity index (χ0) is 17.9. The third-order valence-corrected chi connectivity index (χ3v) is 3.33. The Balaban J connectivity index is 1.55. The van der Waals surface area contributed by atoms with Crippen LogP contribution in [0.2, 0.25) is 0 Å². The minimum atomic E-state index is -4.44. The van der Waals surface area contributed by atoms with Crippen molar-refractivity contribution in [3.8, 4) is 5.75 Å². The fourth-order valence-corrected chi connectivity index (χ4v) is 2.13. The van der Waals surface area contributed by atoms with E-state index < -0.39 is 17.8 Å². The number of nitrogens with one attached hydrogen (secondary N) is 2. The first kappa shape index (κ1) is 17.0. The zero-order valence-electron chi connectivity index (χ0n) is 12.8. The summed E-state index contributed by atoms with van der Waals surface area (Å²) >= 11 is 0. The van der Waals surface area contributed by atoms with E-state index in [4.69, 9.17) is 4.74 Å². The van der Waals surface area contributed by atoms with Crippen LogP contribution < -0.4 is 10.1 Å². The van der Waals surface area contributed by atoms with Gasteiger partial charge >= 0.3 is 6.18 Å². The topological polar surface area (TPSA) is 96.0 Å². The van der Waals surface area contributed by atoms with Gasteiger partial charge < -0.3 is 20.1 Å². The molecule has 10 heteroatoms. The van der Waals surface area contributed by atoms with Crippen LogP contribution in [-0.2, 0) is 6.18 Å². The normalized spacial score (nSPS) is 13.0. The Morgan fingerprint density at radius 2 is 2.08 bits per heavy atom. The number of benzene rings is 1. The molecule has 0 radical (unpaired) electrons. The number of fused-ring (bicyclic) bond motifs is 1. The van der Waals surface area contributed by atoms with Crippen LogP contribution in [0.4, 0.5) is 19.0 Å². The molecule has 0 saturated carbocycles. The molecule has 3 aromatic rings. The predicted molar refractivity (Wildman–Crippen MR) is 83.1 cm³/mol. The predicted octanol–water partition coefficient (Wildman–Crippen LogP) is 2.22. The van der Waals surface area contributed by atoms with Gasteiger partial charge in [0.2, 0.25) is 0 Å². The van der Waals surface area contributed by atoms with E-state index in [2.05, 4.69) is 25.3 Å². The Hall–Kier alpha value is -2.88. The molecular formula is C15H14F3N5O2. The molecule has 0 aliphatic heterocycles. The molecule has 25 heavy (non-hydrogen) atoms. The van der Waals surface area contributed by atoms with E-state index >= 15 is 0 Å². The van der Waals surface area contributed by atoms with Gasteiger partial charge in [-0.3, -0.25) is 0 Å². The van der Waals surface area contributed by atoms with Crippen LogP contribution in [0.1, 0.15) is 5.56 Å². The second-order valence-electron chi connectivity index (χ2n) is 5.19. The molecule has 0 unspecified atom stereocenters. The molecule has 0 aliphatic rings. The summed E-state index contributed by atoms with van der Waals surface area (Å²) in [5.74, 6) is 0.493. The number of hydrogen-bond acceptors (Lipinski definition) is 6. The van der Waals surface area contributed by atoms with Crippen molar-refractivity contribution in [2.45, 2.75) is 12.3 Å². The van der Waals surface area contributed by atoms with Crippen LogP contribution >= 0.6 is 0 Å². The van der Waals surface area contributed by atoms with Gasteiger partial charge in [0.15, 0.2) is 11.5 Å². The van der Waals surface area contributed by atoms with E-state index in [1.165, 1.54) is 24.8 Å². The number of halogens is 3. The van der Waals surface area contributed by atoms with Crippen molar-refractivity contribution < 1.29 is 23.0 Å². The van der Waals surface area contributed by atoms with E-state index in [-0.39, 0.29) is 18.9 Å². The molecule has 2 aromatic heterocycles. The van der Waals surface area contributed by atoms with Crippen molar-refractivity contribution in [2.24, 2.45) is 0 Å². The molecule has 2 heterocycles. The Morgan fingerprint density at radius 3 is 2.88 bits per heavy atom. The lowest BCUT2D eigenvalue weighted by atomic mass is 10.2. The van der Waals surface area contributed by atoms with E-state index in [0.717, 1.165) is 12.1 Å². The van der Waals surface area contributed by atoms with Crippen molar-refractivity contribution in [3.05, 3.63) is 42.5 Å². The second-order valence-corrected chi connectivity index (χ2v) is 5.19. The number of rotatable bonds is 6. The van der Waals surface area contributed by atoms with Gasteiger partial charge in [0, 0.05) is 6.54 Å². The lowest BCUT2D eigenvalue weighted by Gasteiger charge is -2.14. The number of imidazole rings is 1. The Labute approximate surface area is 139 Å². The van der Waals surface area contributed by atoms with Crippen LogP contribution in [0.5, 0.6) is 5.75 Å². The summed E-state index contributed by atoms with van der Waals surface area (Å²) in [6, 6.07) is 4.49. The van der Waals surface area contributed by atoms with Gasteiger partial charge in [-0.1, -0.05) is 6.07 Å². The maximum absolute atomic E-state index is 12.6. The molecule has 0 amide bonds. The smallest absolute Gasteiger partial charge is 0.416 e. The third kappa shape index (κ3) is 4.15.